The van der Waals surface area contributed by atoms with Crippen LogP contribution in [-0.2, 0) is 4.79 Å². The quantitative estimate of drug-likeness (QED) is 0.923. The molecule has 1 aliphatic rings. The number of nitrogens with zero attached hydrogens (tertiary/aromatic N) is 1. The Morgan fingerprint density at radius 3 is 2.67 bits per heavy atom. The fourth-order valence-corrected chi connectivity index (χ4v) is 2.84. The third kappa shape index (κ3) is 2.85. The summed E-state index contributed by atoms with van der Waals surface area (Å²) in [5.74, 6) is 0.167. The first-order chi connectivity index (χ1) is 11.5. The van der Waals surface area contributed by atoms with E-state index < -0.39 is 6.10 Å². The molecule has 5 nitrogen and oxygen atoms in total. The largest absolute Gasteiger partial charge is 0.477 e. The van der Waals surface area contributed by atoms with Gasteiger partial charge in [0.15, 0.2) is 6.10 Å². The molecule has 2 aromatic rings. The van der Waals surface area contributed by atoms with E-state index in [-0.39, 0.29) is 18.4 Å². The number of aryl methyl sites for hydroxylation is 2. The van der Waals surface area contributed by atoms with Gasteiger partial charge in [-0.2, -0.15) is 0 Å². The summed E-state index contributed by atoms with van der Waals surface area (Å²) in [4.78, 5) is 26.8. The van der Waals surface area contributed by atoms with Gasteiger partial charge in [-0.1, -0.05) is 29.8 Å². The lowest BCUT2D eigenvalue weighted by atomic mass is 10.0. The van der Waals surface area contributed by atoms with Gasteiger partial charge in [0, 0.05) is 12.6 Å². The Kier molecular flexibility index (Phi) is 4.25. The van der Waals surface area contributed by atoms with E-state index in [2.05, 4.69) is 5.32 Å². The molecule has 1 atom stereocenters. The molecule has 0 unspecified atom stereocenters. The summed E-state index contributed by atoms with van der Waals surface area (Å²) in [6, 6.07) is 13.1. The van der Waals surface area contributed by atoms with Crippen LogP contribution >= 0.6 is 0 Å². The fourth-order valence-electron chi connectivity index (χ4n) is 2.84. The van der Waals surface area contributed by atoms with Crippen molar-refractivity contribution >= 4 is 17.5 Å². The van der Waals surface area contributed by atoms with Gasteiger partial charge in [0.05, 0.1) is 12.2 Å². The first-order valence-corrected chi connectivity index (χ1v) is 7.87. The minimum Gasteiger partial charge on any atom is -0.477 e. The Bertz CT molecular complexity index is 801. The van der Waals surface area contributed by atoms with Crippen molar-refractivity contribution in [2.24, 2.45) is 0 Å². The summed E-state index contributed by atoms with van der Waals surface area (Å²) >= 11 is 0. The Morgan fingerprint density at radius 2 is 1.92 bits per heavy atom. The summed E-state index contributed by atoms with van der Waals surface area (Å²) < 4.78 is 5.75. The van der Waals surface area contributed by atoms with Crippen molar-refractivity contribution in [3.63, 3.8) is 0 Å². The SMILES string of the molecule is CNC(=O)[C@H]1CN(C(=O)c2cc(C)ccc2C)c2ccccc2O1. The predicted octanol–water partition coefficient (Wildman–Crippen LogP) is 2.46. The van der Waals surface area contributed by atoms with E-state index in [9.17, 15) is 9.59 Å². The zero-order chi connectivity index (χ0) is 17.3. The highest BCUT2D eigenvalue weighted by Crippen LogP contribution is 2.34. The molecule has 0 saturated carbocycles. The van der Waals surface area contributed by atoms with Gasteiger partial charge in [-0.15, -0.1) is 0 Å². The predicted molar refractivity (Wildman–Crippen MR) is 92.5 cm³/mol. The molecular weight excluding hydrogens is 304 g/mol. The number of hydrogen-bond acceptors (Lipinski definition) is 3. The number of amides is 2. The number of nitrogens with one attached hydrogen (secondary N) is 1. The Balaban J connectivity index is 2.03. The molecule has 0 saturated heterocycles. The Morgan fingerprint density at radius 1 is 1.17 bits per heavy atom. The second-order valence-electron chi connectivity index (χ2n) is 5.92. The number of para-hydroxylation sites is 2. The van der Waals surface area contributed by atoms with Crippen molar-refractivity contribution in [2.45, 2.75) is 20.0 Å². The normalized spacial score (nSPS) is 16.1. The molecule has 0 aromatic heterocycles. The molecule has 0 spiro atoms. The lowest BCUT2D eigenvalue weighted by molar-refractivity contribution is -0.127. The van der Waals surface area contributed by atoms with Gasteiger partial charge in [-0.3, -0.25) is 9.59 Å². The van der Waals surface area contributed by atoms with Crippen molar-refractivity contribution < 1.29 is 14.3 Å². The van der Waals surface area contributed by atoms with Gasteiger partial charge in [0.25, 0.3) is 11.8 Å². The van der Waals surface area contributed by atoms with Crippen LogP contribution in [0.5, 0.6) is 5.75 Å². The van der Waals surface area contributed by atoms with Crippen molar-refractivity contribution in [1.29, 1.82) is 0 Å². The monoisotopic (exact) mass is 324 g/mol. The van der Waals surface area contributed by atoms with Crippen LogP contribution < -0.4 is 15.0 Å². The Labute approximate surface area is 141 Å². The number of ether oxygens (including phenoxy) is 1. The smallest absolute Gasteiger partial charge is 0.262 e. The average molecular weight is 324 g/mol. The van der Waals surface area contributed by atoms with Crippen LogP contribution in [0, 0.1) is 13.8 Å². The van der Waals surface area contributed by atoms with Crippen molar-refractivity contribution in [2.75, 3.05) is 18.5 Å². The lowest BCUT2D eigenvalue weighted by Gasteiger charge is -2.34. The maximum atomic E-state index is 13.1. The van der Waals surface area contributed by atoms with Crippen molar-refractivity contribution in [3.05, 3.63) is 59.2 Å². The van der Waals surface area contributed by atoms with Crippen LogP contribution in [0.1, 0.15) is 21.5 Å². The minimum absolute atomic E-state index is 0.124. The molecule has 0 bridgehead atoms. The van der Waals surface area contributed by atoms with Crippen LogP contribution in [-0.4, -0.2) is 31.5 Å². The van der Waals surface area contributed by atoms with Gasteiger partial charge in [-0.05, 0) is 37.6 Å². The molecule has 5 heteroatoms. The molecule has 1 N–H and O–H groups in total. The second kappa shape index (κ2) is 6.35. The van der Waals surface area contributed by atoms with Crippen LogP contribution in [0.25, 0.3) is 0 Å². The third-order valence-corrected chi connectivity index (χ3v) is 4.18. The third-order valence-electron chi connectivity index (χ3n) is 4.18. The maximum absolute atomic E-state index is 13.1. The van der Waals surface area contributed by atoms with Crippen LogP contribution in [0.2, 0.25) is 0 Å². The standard InChI is InChI=1S/C19H20N2O3/c1-12-8-9-13(2)14(10-12)19(23)21-11-17(18(22)20-3)24-16-7-5-4-6-15(16)21/h4-10,17H,11H2,1-3H3,(H,20,22)/t17-/m1/s1. The molecular formula is C19H20N2O3. The average Bonchev–Trinajstić information content (AvgIpc) is 2.61. The maximum Gasteiger partial charge on any atom is 0.262 e. The number of carbonyl (C=O) groups is 2. The van der Waals surface area contributed by atoms with Gasteiger partial charge >= 0.3 is 0 Å². The highest BCUT2D eigenvalue weighted by atomic mass is 16.5. The minimum atomic E-state index is -0.723. The zero-order valence-corrected chi connectivity index (χ0v) is 14.0. The summed E-state index contributed by atoms with van der Waals surface area (Å²) in [5.41, 5.74) is 3.25. The molecule has 1 aliphatic heterocycles. The Hall–Kier alpha value is -2.82. The summed E-state index contributed by atoms with van der Waals surface area (Å²) in [5, 5.41) is 2.58. The molecule has 2 aromatic carbocycles. The first-order valence-electron chi connectivity index (χ1n) is 7.87. The number of anilines is 1. The number of hydrogen-bond donors (Lipinski definition) is 1. The zero-order valence-electron chi connectivity index (χ0n) is 14.0. The first kappa shape index (κ1) is 16.1. The number of rotatable bonds is 2. The molecule has 0 fully saturated rings. The van der Waals surface area contributed by atoms with Crippen molar-refractivity contribution in [1.82, 2.24) is 5.32 Å². The molecule has 24 heavy (non-hydrogen) atoms. The van der Waals surface area contributed by atoms with Gasteiger partial charge in [0.2, 0.25) is 0 Å². The lowest BCUT2D eigenvalue weighted by Crippen LogP contribution is -2.50. The fraction of sp³-hybridized carbons (Fsp3) is 0.263. The van der Waals surface area contributed by atoms with Gasteiger partial charge in [-0.25, -0.2) is 0 Å². The topological polar surface area (TPSA) is 58.6 Å². The van der Waals surface area contributed by atoms with E-state index in [0.29, 0.717) is 17.0 Å². The molecule has 0 aliphatic carbocycles. The van der Waals surface area contributed by atoms with Crippen molar-refractivity contribution in [3.8, 4) is 5.75 Å². The van der Waals surface area contributed by atoms with E-state index in [0.717, 1.165) is 11.1 Å². The van der Waals surface area contributed by atoms with Gasteiger partial charge in [0.1, 0.15) is 5.75 Å². The number of fused-ring (bicyclic) bond motifs is 1. The molecule has 124 valence electrons. The van der Waals surface area contributed by atoms with E-state index in [1.165, 1.54) is 0 Å². The van der Waals surface area contributed by atoms with Crippen LogP contribution in [0.4, 0.5) is 5.69 Å². The number of carbonyl (C=O) groups excluding carboxylic acids is 2. The second-order valence-corrected chi connectivity index (χ2v) is 5.92. The number of benzene rings is 2. The van der Waals surface area contributed by atoms with Crippen LogP contribution in [0.3, 0.4) is 0 Å². The van der Waals surface area contributed by atoms with Crippen LogP contribution in [0.15, 0.2) is 42.5 Å². The molecule has 3 rings (SSSR count). The summed E-state index contributed by atoms with van der Waals surface area (Å²) in [6.07, 6.45) is -0.723. The summed E-state index contributed by atoms with van der Waals surface area (Å²) in [7, 11) is 1.56. The molecule has 2 amide bonds. The van der Waals surface area contributed by atoms with E-state index in [4.69, 9.17) is 4.74 Å². The van der Waals surface area contributed by atoms with E-state index >= 15 is 0 Å². The number of likely N-dealkylation sites (N-methyl/N-ethyl adjacent to an activating group) is 1. The van der Waals surface area contributed by atoms with E-state index in [1.54, 1.807) is 18.0 Å². The van der Waals surface area contributed by atoms with E-state index in [1.807, 2.05) is 50.2 Å². The summed E-state index contributed by atoms with van der Waals surface area (Å²) in [6.45, 7) is 4.05. The van der Waals surface area contributed by atoms with Gasteiger partial charge < -0.3 is 15.0 Å². The molecule has 0 radical (unpaired) electrons. The highest BCUT2D eigenvalue weighted by Gasteiger charge is 2.34. The molecule has 1 heterocycles. The highest BCUT2D eigenvalue weighted by molar-refractivity contribution is 6.08.